The molecular weight excluding hydrogens is 596 g/mol. The Bertz CT molecular complexity index is 1640. The molecule has 4 rings (SSSR count). The Labute approximate surface area is 288 Å². The number of fused-ring (bicyclic) bond motifs is 1. The molecule has 0 bridgehead atoms. The number of ether oxygens (including phenoxy) is 1. The van der Waals surface area contributed by atoms with Gasteiger partial charge in [0.2, 0.25) is 5.91 Å². The van der Waals surface area contributed by atoms with Crippen molar-refractivity contribution in [3.05, 3.63) is 95.7 Å². The van der Waals surface area contributed by atoms with Crippen LogP contribution >= 0.6 is 0 Å². The van der Waals surface area contributed by atoms with E-state index in [2.05, 4.69) is 92.2 Å². The fourth-order valence-electron chi connectivity index (χ4n) is 6.49. The molecule has 0 saturated carbocycles. The van der Waals surface area contributed by atoms with Crippen LogP contribution in [0.3, 0.4) is 0 Å². The first-order chi connectivity index (χ1) is 23.0. The molecule has 258 valence electrons. The van der Waals surface area contributed by atoms with Gasteiger partial charge in [0.25, 0.3) is 0 Å². The van der Waals surface area contributed by atoms with Crippen molar-refractivity contribution < 1.29 is 9.53 Å². The number of amides is 1. The Hall–Kier alpha value is -4.14. The standard InChI is InChI=1S/C40H56N6O2/c1-10-30(25-41-9)38(23-31(11-2)40(6,7)8)44-28(4)43-37-17-18-39(36-16-14-13-15-35(36)37)48-34-19-20-42-32(24-34)26-45-21-22-46(29(5)47)33(12-3)27-45/h13-20,23-24,33,41,43-44H,4,10-12,21-22,25-27H2,1-3,5-9H3/b31-23+,38-30+. The molecule has 2 aromatic carbocycles. The highest BCUT2D eigenvalue weighted by atomic mass is 16.5. The van der Waals surface area contributed by atoms with E-state index < -0.39 is 0 Å². The number of rotatable bonds is 14. The van der Waals surface area contributed by atoms with Gasteiger partial charge in [0.15, 0.2) is 0 Å². The number of nitrogens with zero attached hydrogens (tertiary/aromatic N) is 3. The summed E-state index contributed by atoms with van der Waals surface area (Å²) in [4.78, 5) is 21.1. The van der Waals surface area contributed by atoms with Crippen LogP contribution in [0.4, 0.5) is 5.69 Å². The minimum Gasteiger partial charge on any atom is -0.457 e. The molecule has 1 aliphatic heterocycles. The van der Waals surface area contributed by atoms with Gasteiger partial charge >= 0.3 is 0 Å². The van der Waals surface area contributed by atoms with Crippen LogP contribution in [0.2, 0.25) is 0 Å². The second kappa shape index (κ2) is 16.8. The Morgan fingerprint density at radius 1 is 1.06 bits per heavy atom. The van der Waals surface area contributed by atoms with Gasteiger partial charge in [-0.25, -0.2) is 0 Å². The summed E-state index contributed by atoms with van der Waals surface area (Å²) in [5, 5.41) is 12.5. The molecule has 1 atom stereocenters. The lowest BCUT2D eigenvalue weighted by molar-refractivity contribution is -0.133. The van der Waals surface area contributed by atoms with E-state index in [9.17, 15) is 4.79 Å². The molecule has 3 N–H and O–H groups in total. The van der Waals surface area contributed by atoms with Crippen molar-refractivity contribution in [3.63, 3.8) is 0 Å². The Kier molecular flexibility index (Phi) is 12.8. The number of nitrogens with one attached hydrogen (secondary N) is 3. The van der Waals surface area contributed by atoms with Crippen molar-refractivity contribution in [2.75, 3.05) is 38.5 Å². The van der Waals surface area contributed by atoms with E-state index in [1.54, 1.807) is 6.92 Å². The SMILES string of the molecule is C=C(NC(/C=C(\CC)C(C)(C)C)=C(\CC)CNC)Nc1ccc(Oc2ccnc(CN3CCN(C(C)=O)C(CC)C3)c2)c2ccccc12. The Balaban J connectivity index is 1.53. The first-order valence-corrected chi connectivity index (χ1v) is 17.4. The summed E-state index contributed by atoms with van der Waals surface area (Å²) in [5.74, 6) is 2.38. The number of carbonyl (C=O) groups excluding carboxylic acids is 1. The summed E-state index contributed by atoms with van der Waals surface area (Å²) in [6.07, 6.45) is 6.96. The molecule has 0 aliphatic carbocycles. The maximum absolute atomic E-state index is 12.1. The van der Waals surface area contributed by atoms with Crippen molar-refractivity contribution in [2.45, 2.75) is 80.3 Å². The zero-order valence-corrected chi connectivity index (χ0v) is 30.4. The largest absolute Gasteiger partial charge is 0.457 e. The fourth-order valence-corrected chi connectivity index (χ4v) is 6.49. The quantitative estimate of drug-likeness (QED) is 0.152. The van der Waals surface area contributed by atoms with E-state index in [0.29, 0.717) is 12.4 Å². The molecule has 8 heteroatoms. The number of allylic oxidation sites excluding steroid dienone is 2. The lowest BCUT2D eigenvalue weighted by Crippen LogP contribution is -2.54. The van der Waals surface area contributed by atoms with E-state index in [1.807, 2.05) is 54.5 Å². The molecule has 1 saturated heterocycles. The maximum atomic E-state index is 12.1. The molecule has 1 aromatic heterocycles. The second-order valence-electron chi connectivity index (χ2n) is 13.7. The molecule has 0 radical (unpaired) electrons. The predicted octanol–water partition coefficient (Wildman–Crippen LogP) is 8.21. The van der Waals surface area contributed by atoms with E-state index in [-0.39, 0.29) is 17.4 Å². The highest BCUT2D eigenvalue weighted by Gasteiger charge is 2.27. The van der Waals surface area contributed by atoms with Gasteiger partial charge in [0.05, 0.1) is 5.69 Å². The lowest BCUT2D eigenvalue weighted by atomic mass is 9.84. The van der Waals surface area contributed by atoms with Gasteiger partial charge in [-0.05, 0) is 61.6 Å². The molecular formula is C40H56N6O2. The van der Waals surface area contributed by atoms with Crippen LogP contribution in [-0.2, 0) is 11.3 Å². The van der Waals surface area contributed by atoms with E-state index in [0.717, 1.165) is 84.8 Å². The highest BCUT2D eigenvalue weighted by Crippen LogP contribution is 2.35. The van der Waals surface area contributed by atoms with Crippen molar-refractivity contribution in [1.82, 2.24) is 25.4 Å². The number of hydrogen-bond donors (Lipinski definition) is 3. The minimum atomic E-state index is 0.0699. The van der Waals surface area contributed by atoms with E-state index in [4.69, 9.17) is 4.74 Å². The first kappa shape index (κ1) is 36.7. The number of pyridine rings is 1. The topological polar surface area (TPSA) is 81.8 Å². The van der Waals surface area contributed by atoms with Crippen molar-refractivity contribution in [3.8, 4) is 11.5 Å². The third-order valence-electron chi connectivity index (χ3n) is 9.16. The number of anilines is 1. The number of piperazine rings is 1. The van der Waals surface area contributed by atoms with Crippen molar-refractivity contribution >= 4 is 22.4 Å². The van der Waals surface area contributed by atoms with Gasteiger partial charge in [-0.2, -0.15) is 0 Å². The summed E-state index contributed by atoms with van der Waals surface area (Å²) in [5.41, 5.74) is 5.73. The molecule has 1 aliphatic rings. The summed E-state index contributed by atoms with van der Waals surface area (Å²) in [6, 6.07) is 16.5. The highest BCUT2D eigenvalue weighted by molar-refractivity contribution is 5.98. The third kappa shape index (κ3) is 9.48. The zero-order chi connectivity index (χ0) is 34.8. The van der Waals surface area contributed by atoms with Gasteiger partial charge in [-0.15, -0.1) is 0 Å². The van der Waals surface area contributed by atoms with Gasteiger partial charge in [-0.1, -0.05) is 78.0 Å². The van der Waals surface area contributed by atoms with E-state index >= 15 is 0 Å². The van der Waals surface area contributed by atoms with Crippen molar-refractivity contribution in [2.24, 2.45) is 5.41 Å². The molecule has 48 heavy (non-hydrogen) atoms. The average Bonchev–Trinajstić information content (AvgIpc) is 3.06. The minimum absolute atomic E-state index is 0.0699. The Morgan fingerprint density at radius 3 is 2.46 bits per heavy atom. The summed E-state index contributed by atoms with van der Waals surface area (Å²) >= 11 is 0. The van der Waals surface area contributed by atoms with Crippen LogP contribution in [0.15, 0.2) is 90.0 Å². The normalized spacial score (nSPS) is 16.5. The molecule has 1 fully saturated rings. The van der Waals surface area contributed by atoms with Gasteiger partial charge in [-0.3, -0.25) is 14.7 Å². The summed E-state index contributed by atoms with van der Waals surface area (Å²) < 4.78 is 6.50. The fraction of sp³-hybridized carbons (Fsp3) is 0.450. The van der Waals surface area contributed by atoms with Gasteiger partial charge in [0, 0.05) is 80.1 Å². The second-order valence-corrected chi connectivity index (χ2v) is 13.7. The molecule has 3 aromatic rings. The van der Waals surface area contributed by atoms with Gasteiger partial charge < -0.3 is 25.6 Å². The summed E-state index contributed by atoms with van der Waals surface area (Å²) in [7, 11) is 1.98. The molecule has 2 heterocycles. The zero-order valence-electron chi connectivity index (χ0n) is 30.4. The van der Waals surface area contributed by atoms with E-state index in [1.165, 1.54) is 11.1 Å². The number of carbonyl (C=O) groups is 1. The maximum Gasteiger partial charge on any atom is 0.219 e. The molecule has 1 amide bonds. The van der Waals surface area contributed by atoms with Gasteiger partial charge in [0.1, 0.15) is 17.3 Å². The average molecular weight is 653 g/mol. The number of hydrogen-bond acceptors (Lipinski definition) is 7. The van der Waals surface area contributed by atoms with Crippen LogP contribution in [0.25, 0.3) is 10.8 Å². The monoisotopic (exact) mass is 652 g/mol. The smallest absolute Gasteiger partial charge is 0.219 e. The molecule has 1 unspecified atom stereocenters. The lowest BCUT2D eigenvalue weighted by Gasteiger charge is -2.40. The Morgan fingerprint density at radius 2 is 1.81 bits per heavy atom. The molecule has 0 spiro atoms. The van der Waals surface area contributed by atoms with Crippen molar-refractivity contribution in [1.29, 1.82) is 0 Å². The summed E-state index contributed by atoms with van der Waals surface area (Å²) in [6.45, 7) is 23.3. The number of benzene rings is 2. The predicted molar refractivity (Wildman–Crippen MR) is 200 cm³/mol. The number of likely N-dealkylation sites (N-methyl/N-ethyl adjacent to an activating group) is 1. The third-order valence-corrected chi connectivity index (χ3v) is 9.16. The van der Waals surface area contributed by atoms with Crippen LogP contribution < -0.4 is 20.7 Å². The first-order valence-electron chi connectivity index (χ1n) is 17.4. The van der Waals surface area contributed by atoms with Crippen LogP contribution in [-0.4, -0.2) is 60.0 Å². The van der Waals surface area contributed by atoms with Crippen LogP contribution in [0.5, 0.6) is 11.5 Å². The number of aromatic nitrogens is 1. The molecule has 8 nitrogen and oxygen atoms in total. The van der Waals surface area contributed by atoms with Crippen LogP contribution in [0.1, 0.15) is 73.4 Å². The van der Waals surface area contributed by atoms with Crippen LogP contribution in [0, 0.1) is 5.41 Å².